The van der Waals surface area contributed by atoms with Gasteiger partial charge in [0.05, 0.1) is 26.1 Å². The van der Waals surface area contributed by atoms with E-state index < -0.39 is 0 Å². The summed E-state index contributed by atoms with van der Waals surface area (Å²) in [5, 5.41) is 0. The average molecular weight is 362 g/mol. The molecule has 0 radical (unpaired) electrons. The van der Waals surface area contributed by atoms with Crippen LogP contribution >= 0.6 is 0 Å². The number of unbranched alkanes of at least 4 members (excludes halogenated alkanes) is 9. The van der Waals surface area contributed by atoms with E-state index >= 15 is 0 Å². The van der Waals surface area contributed by atoms with Gasteiger partial charge in [-0.25, -0.2) is 0 Å². The van der Waals surface area contributed by atoms with Gasteiger partial charge in [0.15, 0.2) is 0 Å². The van der Waals surface area contributed by atoms with E-state index in [2.05, 4.69) is 6.92 Å². The molecule has 0 saturated carbocycles. The number of carbonyl (C=O) groups is 2. The fourth-order valence-electron chi connectivity index (χ4n) is 2.28. The van der Waals surface area contributed by atoms with Crippen molar-refractivity contribution in [2.75, 3.05) is 13.2 Å². The number of rotatable bonds is 15. The predicted octanol–water partition coefficient (Wildman–Crippen LogP) is -0.973. The van der Waals surface area contributed by atoms with E-state index in [1.165, 1.54) is 51.4 Å². The van der Waals surface area contributed by atoms with Crippen LogP contribution in [-0.2, 0) is 19.1 Å². The molecule has 0 rings (SSSR count). The zero-order chi connectivity index (χ0) is 16.5. The van der Waals surface area contributed by atoms with Gasteiger partial charge in [0.1, 0.15) is 0 Å². The van der Waals surface area contributed by atoms with Gasteiger partial charge >= 0.3 is 71.1 Å². The second kappa shape index (κ2) is 23.9. The summed E-state index contributed by atoms with van der Waals surface area (Å²) in [7, 11) is 0. The van der Waals surface area contributed by atoms with E-state index in [9.17, 15) is 9.59 Å². The van der Waals surface area contributed by atoms with Gasteiger partial charge in [-0.2, -0.15) is 0 Å². The summed E-state index contributed by atoms with van der Waals surface area (Å²) in [6, 6.07) is 0. The van der Waals surface area contributed by atoms with E-state index in [0.717, 1.165) is 12.8 Å². The monoisotopic (exact) mass is 362 g/mol. The molecule has 0 aliphatic rings. The summed E-state index contributed by atoms with van der Waals surface area (Å²) in [5.41, 5.74) is 0. The Hall–Kier alpha value is 0.940. The maximum atomic E-state index is 11.4. The molecule has 6 heteroatoms. The maximum Gasteiger partial charge on any atom is 1.00 e. The van der Waals surface area contributed by atoms with Crippen LogP contribution in [0.2, 0.25) is 0 Å². The zero-order valence-corrected chi connectivity index (χ0v) is 20.5. The minimum absolute atomic E-state index is 0. The molecule has 0 fully saturated rings. The molecule has 0 spiro atoms. The van der Waals surface area contributed by atoms with Gasteiger partial charge in [0.2, 0.25) is 0 Å². The van der Waals surface area contributed by atoms with Crippen molar-refractivity contribution in [1.82, 2.24) is 0 Å². The molecule has 0 atom stereocenters. The van der Waals surface area contributed by atoms with E-state index in [0.29, 0.717) is 13.2 Å². The number of hydrogen-bond acceptors (Lipinski definition) is 4. The summed E-state index contributed by atoms with van der Waals surface area (Å²) >= 11 is 0. The van der Waals surface area contributed by atoms with Crippen molar-refractivity contribution in [1.29, 1.82) is 0 Å². The molecule has 0 aliphatic heterocycles. The number of carbonyl (C=O) groups excluding carboxylic acids is 2. The minimum atomic E-state index is -0.335. The van der Waals surface area contributed by atoms with Crippen LogP contribution in [-0.4, -0.2) is 25.2 Å². The Bertz CT molecular complexity index is 296. The molecular weight excluding hydrogens is 326 g/mol. The van der Waals surface area contributed by atoms with Crippen LogP contribution in [0, 0.1) is 0 Å². The number of ether oxygens (including phenoxy) is 2. The molecule has 0 aliphatic carbocycles. The maximum absolute atomic E-state index is 11.4. The smallest absolute Gasteiger partial charge is 1.00 e. The Labute approximate surface area is 195 Å². The topological polar surface area (TPSA) is 52.6 Å². The molecule has 0 aromatic carbocycles. The average Bonchev–Trinajstić information content (AvgIpc) is 2.51. The van der Waals surface area contributed by atoms with E-state index in [4.69, 9.17) is 9.47 Å². The van der Waals surface area contributed by atoms with Crippen LogP contribution in [0.25, 0.3) is 0 Å². The van der Waals surface area contributed by atoms with Gasteiger partial charge in [0, 0.05) is 0 Å². The third-order valence-electron chi connectivity index (χ3n) is 3.60. The standard InChI is InChI=1S/C18H34O4.2Na.2H/c1-3-5-6-7-8-9-10-11-12-13-16-22-18(20)15-14-17(19)21-4-2;;;;/h3-16H2,1-2H3;;;;/q;2*+1;2*-1. The first-order valence-corrected chi connectivity index (χ1v) is 9.02. The van der Waals surface area contributed by atoms with Crippen molar-refractivity contribution in [3.8, 4) is 0 Å². The van der Waals surface area contributed by atoms with Gasteiger partial charge in [-0.3, -0.25) is 9.59 Å². The normalized spacial score (nSPS) is 9.58. The Morgan fingerprint density at radius 1 is 0.667 bits per heavy atom. The van der Waals surface area contributed by atoms with Crippen molar-refractivity contribution < 1.29 is 81.0 Å². The van der Waals surface area contributed by atoms with Crippen molar-refractivity contribution in [3.63, 3.8) is 0 Å². The molecule has 0 heterocycles. The molecule has 0 unspecified atom stereocenters. The first kappa shape index (κ1) is 29.7. The van der Waals surface area contributed by atoms with Crippen molar-refractivity contribution in [2.45, 2.75) is 90.9 Å². The first-order valence-electron chi connectivity index (χ1n) is 9.02. The van der Waals surface area contributed by atoms with E-state index in [1.54, 1.807) is 6.92 Å². The summed E-state index contributed by atoms with van der Waals surface area (Å²) in [5.74, 6) is -0.637. The van der Waals surface area contributed by atoms with Gasteiger partial charge in [0.25, 0.3) is 0 Å². The molecule has 0 aromatic rings. The fraction of sp³-hybridized carbons (Fsp3) is 0.889. The quantitative estimate of drug-likeness (QED) is 0.214. The van der Waals surface area contributed by atoms with Gasteiger partial charge in [-0.1, -0.05) is 64.7 Å². The summed E-state index contributed by atoms with van der Waals surface area (Å²) in [6.07, 6.45) is 12.8. The molecule has 0 N–H and O–H groups in total. The van der Waals surface area contributed by atoms with Crippen LogP contribution in [0.3, 0.4) is 0 Å². The summed E-state index contributed by atoms with van der Waals surface area (Å²) in [6.45, 7) is 4.82. The van der Waals surface area contributed by atoms with Crippen LogP contribution in [0.15, 0.2) is 0 Å². The molecular formula is C18H36Na2O4. The molecule has 4 nitrogen and oxygen atoms in total. The van der Waals surface area contributed by atoms with Crippen LogP contribution in [0.5, 0.6) is 0 Å². The molecule has 24 heavy (non-hydrogen) atoms. The van der Waals surface area contributed by atoms with Crippen LogP contribution < -0.4 is 59.1 Å². The number of esters is 2. The van der Waals surface area contributed by atoms with Gasteiger partial charge < -0.3 is 12.3 Å². The van der Waals surface area contributed by atoms with E-state index in [1.807, 2.05) is 0 Å². The fourth-order valence-corrected chi connectivity index (χ4v) is 2.28. The Balaban J connectivity index is -0.000000367. The first-order chi connectivity index (χ1) is 10.7. The molecule has 0 aromatic heterocycles. The van der Waals surface area contributed by atoms with E-state index in [-0.39, 0.29) is 86.7 Å². The van der Waals surface area contributed by atoms with Crippen molar-refractivity contribution in [2.24, 2.45) is 0 Å². The Kier molecular flexibility index (Phi) is 29.6. The van der Waals surface area contributed by atoms with Crippen LogP contribution in [0.1, 0.15) is 93.8 Å². The largest absolute Gasteiger partial charge is 1.00 e. The summed E-state index contributed by atoms with van der Waals surface area (Å²) in [4.78, 5) is 22.5. The predicted molar refractivity (Wildman–Crippen MR) is 90.9 cm³/mol. The zero-order valence-electron chi connectivity index (χ0n) is 18.5. The minimum Gasteiger partial charge on any atom is -1.00 e. The third-order valence-corrected chi connectivity index (χ3v) is 3.60. The molecule has 0 bridgehead atoms. The molecule has 134 valence electrons. The van der Waals surface area contributed by atoms with Gasteiger partial charge in [-0.05, 0) is 13.3 Å². The second-order valence-electron chi connectivity index (χ2n) is 5.71. The Morgan fingerprint density at radius 3 is 1.54 bits per heavy atom. The Morgan fingerprint density at radius 2 is 1.08 bits per heavy atom. The number of hydrogen-bond donors (Lipinski definition) is 0. The summed E-state index contributed by atoms with van der Waals surface area (Å²) < 4.78 is 9.85. The molecule has 0 amide bonds. The van der Waals surface area contributed by atoms with Crippen LogP contribution in [0.4, 0.5) is 0 Å². The van der Waals surface area contributed by atoms with Crippen molar-refractivity contribution in [3.05, 3.63) is 0 Å². The second-order valence-corrected chi connectivity index (χ2v) is 5.71. The van der Waals surface area contributed by atoms with Gasteiger partial charge in [-0.15, -0.1) is 0 Å². The van der Waals surface area contributed by atoms with Crippen molar-refractivity contribution >= 4 is 11.9 Å². The SMILES string of the molecule is CCCCCCCCCCCCOC(=O)CCC(=O)OCC.[H-].[H-].[Na+].[Na+]. The molecule has 0 saturated heterocycles. The third kappa shape index (κ3) is 22.9.